The molecule has 1 fully saturated rings. The monoisotopic (exact) mass is 275 g/mol. The van der Waals surface area contributed by atoms with Crippen LogP contribution in [-0.2, 0) is 4.79 Å². The lowest BCUT2D eigenvalue weighted by Crippen LogP contribution is -2.33. The lowest BCUT2D eigenvalue weighted by Gasteiger charge is -2.30. The van der Waals surface area contributed by atoms with Gasteiger partial charge in [0.1, 0.15) is 11.3 Å². The molecule has 3 heterocycles. The average molecular weight is 275 g/mol. The maximum Gasteiger partial charge on any atom is 0.332 e. The van der Waals surface area contributed by atoms with Crippen molar-refractivity contribution in [1.29, 1.82) is 0 Å². The van der Waals surface area contributed by atoms with Gasteiger partial charge in [0.15, 0.2) is 0 Å². The molecule has 0 aliphatic carbocycles. The molecule has 20 heavy (non-hydrogen) atoms. The summed E-state index contributed by atoms with van der Waals surface area (Å²) < 4.78 is 0. The third-order valence-corrected chi connectivity index (χ3v) is 3.56. The number of nitrogens with zero attached hydrogens (tertiary/aromatic N) is 5. The van der Waals surface area contributed by atoms with Crippen molar-refractivity contribution < 1.29 is 9.63 Å². The first-order chi connectivity index (χ1) is 9.63. The number of piperidine rings is 1. The Morgan fingerprint density at radius 3 is 2.80 bits per heavy atom. The second kappa shape index (κ2) is 5.07. The summed E-state index contributed by atoms with van der Waals surface area (Å²) in [6.07, 6.45) is 5.59. The van der Waals surface area contributed by atoms with Crippen molar-refractivity contribution in [2.75, 3.05) is 18.0 Å². The lowest BCUT2D eigenvalue weighted by molar-refractivity contribution is -0.142. The van der Waals surface area contributed by atoms with Crippen molar-refractivity contribution in [1.82, 2.24) is 19.9 Å². The van der Waals surface area contributed by atoms with Crippen LogP contribution in [0.4, 0.5) is 5.82 Å². The molecule has 1 aliphatic heterocycles. The van der Waals surface area contributed by atoms with Gasteiger partial charge in [-0.2, -0.15) is 0 Å². The van der Waals surface area contributed by atoms with Crippen LogP contribution in [0.2, 0.25) is 0 Å². The van der Waals surface area contributed by atoms with Crippen LogP contribution >= 0.6 is 0 Å². The lowest BCUT2D eigenvalue weighted by atomic mass is 9.99. The van der Waals surface area contributed by atoms with Crippen LogP contribution in [0, 0.1) is 5.92 Å². The number of anilines is 1. The summed E-state index contributed by atoms with van der Waals surface area (Å²) in [6, 6.07) is 0. The van der Waals surface area contributed by atoms with Gasteiger partial charge in [-0.3, -0.25) is 0 Å². The van der Waals surface area contributed by atoms with E-state index in [1.54, 1.807) is 6.20 Å². The maximum atomic E-state index is 11.0. The first-order valence-electron chi connectivity index (χ1n) is 6.78. The predicted molar refractivity (Wildman–Crippen MR) is 73.2 cm³/mol. The zero-order chi connectivity index (χ0) is 14.1. The largest absolute Gasteiger partial charge is 0.355 e. The molecule has 0 atom stereocenters. The van der Waals surface area contributed by atoms with Gasteiger partial charge in [0.05, 0.1) is 12.4 Å². The van der Waals surface area contributed by atoms with Crippen molar-refractivity contribution >= 4 is 23.0 Å². The summed E-state index contributed by atoms with van der Waals surface area (Å²) in [7, 11) is 0. The normalized spacial score (nSPS) is 16.6. The summed E-state index contributed by atoms with van der Waals surface area (Å²) in [5.41, 5.74) is 1.08. The molecule has 0 N–H and O–H groups in total. The Hall–Kier alpha value is -2.18. The Balaban J connectivity index is 1.90. The van der Waals surface area contributed by atoms with E-state index in [9.17, 15) is 4.79 Å². The van der Waals surface area contributed by atoms with Gasteiger partial charge < -0.3 is 9.74 Å². The van der Waals surface area contributed by atoms with Gasteiger partial charge in [0.2, 0.25) is 5.65 Å². The van der Waals surface area contributed by atoms with Crippen LogP contribution in [0.3, 0.4) is 0 Å². The highest BCUT2D eigenvalue weighted by Gasteiger charge is 2.18. The third kappa shape index (κ3) is 2.43. The molecule has 0 aromatic carbocycles. The van der Waals surface area contributed by atoms with E-state index in [2.05, 4.69) is 26.9 Å². The van der Waals surface area contributed by atoms with E-state index >= 15 is 0 Å². The molecule has 0 bridgehead atoms. The fraction of sp³-hybridized carbons (Fsp3) is 0.538. The van der Waals surface area contributed by atoms with Gasteiger partial charge in [-0.1, -0.05) is 11.8 Å². The van der Waals surface area contributed by atoms with Crippen LogP contribution < -0.4 is 9.74 Å². The van der Waals surface area contributed by atoms with Crippen molar-refractivity contribution in [3.05, 3.63) is 12.4 Å². The number of aromatic nitrogens is 4. The maximum absolute atomic E-state index is 11.0. The van der Waals surface area contributed by atoms with E-state index in [4.69, 9.17) is 4.84 Å². The van der Waals surface area contributed by atoms with Crippen LogP contribution in [-0.4, -0.2) is 39.0 Å². The van der Waals surface area contributed by atoms with Crippen molar-refractivity contribution in [3.8, 4) is 0 Å². The SMILES string of the molecule is CC(=O)On1ncc2ncc(N3CCC(C)CC3)nc21. The van der Waals surface area contributed by atoms with E-state index in [1.165, 1.54) is 13.1 Å². The van der Waals surface area contributed by atoms with Crippen molar-refractivity contribution in [2.24, 2.45) is 5.92 Å². The van der Waals surface area contributed by atoms with E-state index in [0.29, 0.717) is 11.2 Å². The average Bonchev–Trinajstić information content (AvgIpc) is 2.81. The van der Waals surface area contributed by atoms with Crippen LogP contribution in [0.1, 0.15) is 26.7 Å². The first-order valence-corrected chi connectivity index (χ1v) is 6.78. The molecular formula is C13H17N5O2. The molecule has 0 spiro atoms. The van der Waals surface area contributed by atoms with Gasteiger partial charge in [0.25, 0.3) is 0 Å². The van der Waals surface area contributed by atoms with Gasteiger partial charge in [0, 0.05) is 20.0 Å². The molecule has 1 aliphatic rings. The zero-order valence-corrected chi connectivity index (χ0v) is 11.6. The molecule has 2 aromatic heterocycles. The minimum atomic E-state index is -0.436. The quantitative estimate of drug-likeness (QED) is 0.815. The number of fused-ring (bicyclic) bond motifs is 1. The Morgan fingerprint density at radius 2 is 2.10 bits per heavy atom. The van der Waals surface area contributed by atoms with Crippen LogP contribution in [0.5, 0.6) is 0 Å². The summed E-state index contributed by atoms with van der Waals surface area (Å²) in [5, 5.41) is 3.96. The molecule has 0 radical (unpaired) electrons. The molecule has 0 unspecified atom stereocenters. The molecule has 7 nitrogen and oxygen atoms in total. The first kappa shape index (κ1) is 12.8. The van der Waals surface area contributed by atoms with Crippen LogP contribution in [0.15, 0.2) is 12.4 Å². The molecule has 2 aromatic rings. The molecule has 1 saturated heterocycles. The van der Waals surface area contributed by atoms with E-state index < -0.39 is 5.97 Å². The Labute approximate surface area is 116 Å². The molecule has 0 amide bonds. The van der Waals surface area contributed by atoms with E-state index in [-0.39, 0.29) is 0 Å². The number of rotatable bonds is 2. The summed E-state index contributed by atoms with van der Waals surface area (Å²) in [5.74, 6) is 1.13. The smallest absolute Gasteiger partial charge is 0.332 e. The molecule has 0 saturated carbocycles. The van der Waals surface area contributed by atoms with Gasteiger partial charge in [-0.05, 0) is 18.8 Å². The third-order valence-electron chi connectivity index (χ3n) is 3.56. The minimum Gasteiger partial charge on any atom is -0.355 e. The topological polar surface area (TPSA) is 73.1 Å². The van der Waals surface area contributed by atoms with Gasteiger partial charge >= 0.3 is 5.97 Å². The van der Waals surface area contributed by atoms with Gasteiger partial charge in [-0.25, -0.2) is 14.8 Å². The van der Waals surface area contributed by atoms with E-state index in [0.717, 1.165) is 42.5 Å². The Kier molecular flexibility index (Phi) is 3.25. The van der Waals surface area contributed by atoms with Gasteiger partial charge in [-0.15, -0.1) is 5.10 Å². The summed E-state index contributed by atoms with van der Waals surface area (Å²) >= 11 is 0. The molecule has 7 heteroatoms. The number of carbonyl (C=O) groups is 1. The number of hydrogen-bond acceptors (Lipinski definition) is 6. The Bertz CT molecular complexity index is 631. The number of carbonyl (C=O) groups excluding carboxylic acids is 1. The molecule has 3 rings (SSSR count). The van der Waals surface area contributed by atoms with E-state index in [1.807, 2.05) is 0 Å². The molecular weight excluding hydrogens is 258 g/mol. The minimum absolute atomic E-state index is 0.436. The fourth-order valence-corrected chi connectivity index (χ4v) is 2.35. The molecule has 106 valence electrons. The summed E-state index contributed by atoms with van der Waals surface area (Å²) in [6.45, 7) is 5.55. The second-order valence-electron chi connectivity index (χ2n) is 5.21. The van der Waals surface area contributed by atoms with Crippen LogP contribution in [0.25, 0.3) is 11.2 Å². The second-order valence-corrected chi connectivity index (χ2v) is 5.21. The summed E-state index contributed by atoms with van der Waals surface area (Å²) in [4.78, 5) is 28.2. The van der Waals surface area contributed by atoms with Crippen molar-refractivity contribution in [2.45, 2.75) is 26.7 Å². The zero-order valence-electron chi connectivity index (χ0n) is 11.6. The highest BCUT2D eigenvalue weighted by molar-refractivity contribution is 5.72. The number of hydrogen-bond donors (Lipinski definition) is 0. The fourth-order valence-electron chi connectivity index (χ4n) is 2.35. The van der Waals surface area contributed by atoms with Crippen molar-refractivity contribution in [3.63, 3.8) is 0 Å². The standard InChI is InChI=1S/C13H17N5O2/c1-9-3-5-17(6-4-9)12-8-14-11-7-15-18(13(11)16-12)20-10(2)19/h7-9H,3-6H2,1-2H3. The predicted octanol–water partition coefficient (Wildman–Crippen LogP) is 1.04. The highest BCUT2D eigenvalue weighted by atomic mass is 16.7. The Morgan fingerprint density at radius 1 is 1.35 bits per heavy atom. The highest BCUT2D eigenvalue weighted by Crippen LogP contribution is 2.22.